The van der Waals surface area contributed by atoms with Crippen LogP contribution in [0.3, 0.4) is 0 Å². The monoisotopic (exact) mass is 559 g/mol. The quantitative estimate of drug-likeness (QED) is 0.211. The van der Waals surface area contributed by atoms with Crippen molar-refractivity contribution < 1.29 is 27.6 Å². The van der Waals surface area contributed by atoms with Crippen LogP contribution in [0.4, 0.5) is 18.9 Å². The molecule has 40 heavy (non-hydrogen) atoms. The van der Waals surface area contributed by atoms with Crippen molar-refractivity contribution in [2.24, 2.45) is 17.2 Å². The number of halogens is 3. The number of alkyl halides is 3. The number of carbonyl (C=O) groups is 3. The summed E-state index contributed by atoms with van der Waals surface area (Å²) in [4.78, 5) is 44.1. The van der Waals surface area contributed by atoms with Crippen LogP contribution in [0.2, 0.25) is 0 Å². The molecular formula is C27H32F3N7O3. The van der Waals surface area contributed by atoms with E-state index in [1.807, 2.05) is 24.3 Å². The van der Waals surface area contributed by atoms with Gasteiger partial charge in [-0.2, -0.15) is 13.2 Å². The first-order chi connectivity index (χ1) is 19.0. The molecule has 0 unspecified atom stereocenters. The maximum absolute atomic E-state index is 13.2. The summed E-state index contributed by atoms with van der Waals surface area (Å²) >= 11 is 0. The summed E-state index contributed by atoms with van der Waals surface area (Å²) in [7, 11) is 0. The molecule has 2 aromatic carbocycles. The topological polar surface area (TPSA) is 169 Å². The Morgan fingerprint density at radius 3 is 2.35 bits per heavy atom. The Morgan fingerprint density at radius 2 is 1.70 bits per heavy atom. The van der Waals surface area contributed by atoms with E-state index in [0.717, 1.165) is 23.0 Å². The van der Waals surface area contributed by atoms with E-state index in [9.17, 15) is 27.6 Å². The second-order valence-corrected chi connectivity index (χ2v) is 9.14. The molecule has 13 heteroatoms. The van der Waals surface area contributed by atoms with Crippen molar-refractivity contribution in [3.63, 3.8) is 0 Å². The van der Waals surface area contributed by atoms with E-state index in [0.29, 0.717) is 11.3 Å². The number of pyridine rings is 1. The zero-order valence-corrected chi connectivity index (χ0v) is 21.7. The van der Waals surface area contributed by atoms with Crippen molar-refractivity contribution in [2.45, 2.75) is 37.5 Å². The minimum Gasteiger partial charge on any atom is -0.343 e. The van der Waals surface area contributed by atoms with E-state index in [1.165, 1.54) is 23.2 Å². The molecule has 0 aliphatic carbocycles. The molecule has 0 fully saturated rings. The number of aromatic nitrogens is 1. The number of anilines is 1. The minimum atomic E-state index is -4.51. The molecule has 0 aliphatic heterocycles. The number of para-hydroxylation sites is 1. The highest BCUT2D eigenvalue weighted by Crippen LogP contribution is 2.29. The van der Waals surface area contributed by atoms with E-state index in [-0.39, 0.29) is 44.9 Å². The van der Waals surface area contributed by atoms with Gasteiger partial charge in [0.05, 0.1) is 35.7 Å². The Labute approximate surface area is 229 Å². The third kappa shape index (κ3) is 8.46. The number of hydrogen-bond acceptors (Lipinski definition) is 7. The van der Waals surface area contributed by atoms with Gasteiger partial charge in [0, 0.05) is 31.3 Å². The number of fused-ring (bicyclic) bond motifs is 1. The molecule has 214 valence electrons. The molecule has 3 amide bonds. The van der Waals surface area contributed by atoms with Gasteiger partial charge < -0.3 is 32.7 Å². The first kappa shape index (κ1) is 30.5. The van der Waals surface area contributed by atoms with Crippen LogP contribution in [0.25, 0.3) is 10.9 Å². The second kappa shape index (κ2) is 13.8. The second-order valence-electron chi connectivity index (χ2n) is 9.14. The van der Waals surface area contributed by atoms with Crippen LogP contribution >= 0.6 is 0 Å². The van der Waals surface area contributed by atoms with Crippen LogP contribution in [0.5, 0.6) is 0 Å². The lowest BCUT2D eigenvalue weighted by molar-refractivity contribution is -0.137. The Bertz CT molecular complexity index is 1320. The van der Waals surface area contributed by atoms with Crippen molar-refractivity contribution in [3.05, 3.63) is 71.9 Å². The van der Waals surface area contributed by atoms with Crippen LogP contribution in [-0.4, -0.2) is 59.4 Å². The van der Waals surface area contributed by atoms with Gasteiger partial charge in [-0.1, -0.05) is 30.3 Å². The molecule has 0 radical (unpaired) electrons. The van der Waals surface area contributed by atoms with Gasteiger partial charge in [0.25, 0.3) is 0 Å². The normalized spacial score (nSPS) is 12.9. The first-order valence-electron chi connectivity index (χ1n) is 12.6. The van der Waals surface area contributed by atoms with E-state index in [4.69, 9.17) is 17.2 Å². The molecule has 0 saturated heterocycles. The van der Waals surface area contributed by atoms with Crippen LogP contribution in [-0.2, 0) is 27.0 Å². The molecule has 3 aromatic rings. The average molecular weight is 560 g/mol. The molecule has 1 heterocycles. The summed E-state index contributed by atoms with van der Waals surface area (Å²) < 4.78 is 39.0. The Balaban J connectivity index is 1.74. The predicted octanol–water partition coefficient (Wildman–Crippen LogP) is 1.73. The lowest BCUT2D eigenvalue weighted by Crippen LogP contribution is -2.51. The zero-order valence-electron chi connectivity index (χ0n) is 21.7. The van der Waals surface area contributed by atoms with E-state index in [2.05, 4.69) is 15.6 Å². The van der Waals surface area contributed by atoms with Crippen molar-refractivity contribution >= 4 is 34.3 Å². The fourth-order valence-corrected chi connectivity index (χ4v) is 3.96. The molecule has 0 saturated carbocycles. The van der Waals surface area contributed by atoms with Gasteiger partial charge in [-0.3, -0.25) is 19.4 Å². The smallest absolute Gasteiger partial charge is 0.343 e. The van der Waals surface area contributed by atoms with E-state index < -0.39 is 35.6 Å². The van der Waals surface area contributed by atoms with Gasteiger partial charge in [0.1, 0.15) is 6.04 Å². The number of benzene rings is 2. The van der Waals surface area contributed by atoms with Crippen molar-refractivity contribution in [2.75, 3.05) is 25.1 Å². The summed E-state index contributed by atoms with van der Waals surface area (Å²) in [5.74, 6) is -1.64. The largest absolute Gasteiger partial charge is 0.416 e. The molecule has 0 aliphatic rings. The van der Waals surface area contributed by atoms with Gasteiger partial charge >= 0.3 is 6.18 Å². The maximum atomic E-state index is 13.2. The van der Waals surface area contributed by atoms with Gasteiger partial charge in [0.15, 0.2) is 0 Å². The lowest BCUT2D eigenvalue weighted by atomic mass is 10.0. The molecule has 0 spiro atoms. The number of nitrogens with two attached hydrogens (primary N) is 3. The van der Waals surface area contributed by atoms with E-state index in [1.54, 1.807) is 6.07 Å². The average Bonchev–Trinajstić information content (AvgIpc) is 2.93. The van der Waals surface area contributed by atoms with Gasteiger partial charge in [-0.05, 0) is 36.2 Å². The third-order valence-corrected chi connectivity index (χ3v) is 6.19. The number of nitrogens with zero attached hydrogens (tertiary/aromatic N) is 2. The standard InChI is InChI=1S/C27H32F3N7O3/c28-27(29,30)19-7-5-17(6-8-19)13-23(26(40)35-20-14-18-3-1-2-4-22(18)34-15-20)36-25(39)21(33)9-10-24(38)37(16-32)12-11-31/h1-8,14-15,21,23H,9-13,16,31-33H2,(H,35,40)(H,36,39)/t21-,23+/m0/s1. The zero-order chi connectivity index (χ0) is 29.3. The highest BCUT2D eigenvalue weighted by molar-refractivity contribution is 5.99. The molecular weight excluding hydrogens is 527 g/mol. The summed E-state index contributed by atoms with van der Waals surface area (Å²) in [5, 5.41) is 6.04. The van der Waals surface area contributed by atoms with Gasteiger partial charge in [-0.15, -0.1) is 0 Å². The van der Waals surface area contributed by atoms with Crippen LogP contribution in [0, 0.1) is 0 Å². The Hall–Kier alpha value is -4.07. The summed E-state index contributed by atoms with van der Waals surface area (Å²) in [6, 6.07) is 10.9. The summed E-state index contributed by atoms with van der Waals surface area (Å²) in [5.41, 5.74) is 17.7. The molecule has 8 N–H and O–H groups in total. The Kier molecular flexibility index (Phi) is 10.5. The number of rotatable bonds is 12. The lowest BCUT2D eigenvalue weighted by Gasteiger charge is -2.22. The molecule has 0 bridgehead atoms. The number of carbonyl (C=O) groups excluding carboxylic acids is 3. The SMILES string of the molecule is NCCN(CN)C(=O)CC[C@H](N)C(=O)N[C@H](Cc1ccc(C(F)(F)F)cc1)C(=O)Nc1cnc2ccccc2c1. The fourth-order valence-electron chi connectivity index (χ4n) is 3.96. The van der Waals surface area contributed by atoms with Crippen molar-refractivity contribution in [3.8, 4) is 0 Å². The maximum Gasteiger partial charge on any atom is 0.416 e. The van der Waals surface area contributed by atoms with Crippen LogP contribution in [0.15, 0.2) is 60.8 Å². The highest BCUT2D eigenvalue weighted by atomic mass is 19.4. The van der Waals surface area contributed by atoms with Crippen LogP contribution in [0.1, 0.15) is 24.0 Å². The highest BCUT2D eigenvalue weighted by Gasteiger charge is 2.30. The predicted molar refractivity (Wildman–Crippen MR) is 144 cm³/mol. The van der Waals surface area contributed by atoms with Gasteiger partial charge in [0.2, 0.25) is 17.7 Å². The number of nitrogens with one attached hydrogen (secondary N) is 2. The third-order valence-electron chi connectivity index (χ3n) is 6.19. The molecule has 1 aromatic heterocycles. The summed E-state index contributed by atoms with van der Waals surface area (Å²) in [6.45, 7) is 0.454. The number of hydrogen-bond donors (Lipinski definition) is 5. The van der Waals surface area contributed by atoms with E-state index >= 15 is 0 Å². The number of amides is 3. The summed E-state index contributed by atoms with van der Waals surface area (Å²) in [6.07, 6.45) is -3.25. The molecule has 2 atom stereocenters. The minimum absolute atomic E-state index is 0.0189. The fraction of sp³-hybridized carbons (Fsp3) is 0.333. The molecule has 3 rings (SSSR count). The molecule has 10 nitrogen and oxygen atoms in total. The van der Waals surface area contributed by atoms with Crippen LogP contribution < -0.4 is 27.8 Å². The van der Waals surface area contributed by atoms with Crippen molar-refractivity contribution in [1.82, 2.24) is 15.2 Å². The Morgan fingerprint density at radius 1 is 1.00 bits per heavy atom. The first-order valence-corrected chi connectivity index (χ1v) is 12.6. The van der Waals surface area contributed by atoms with Gasteiger partial charge in [-0.25, -0.2) is 0 Å². The van der Waals surface area contributed by atoms with Crippen molar-refractivity contribution in [1.29, 1.82) is 0 Å².